The van der Waals surface area contributed by atoms with E-state index in [2.05, 4.69) is 9.47 Å². The van der Waals surface area contributed by atoms with E-state index in [1.807, 2.05) is 0 Å². The average Bonchev–Trinajstić information content (AvgIpc) is 2.42. The molecule has 0 fully saturated rings. The van der Waals surface area contributed by atoms with Crippen molar-refractivity contribution in [3.05, 3.63) is 42.0 Å². The lowest BCUT2D eigenvalue weighted by atomic mass is 10.2. The summed E-state index contributed by atoms with van der Waals surface area (Å²) in [6.45, 7) is 0.0134. The Hall–Kier alpha value is -2.34. The van der Waals surface area contributed by atoms with E-state index in [1.165, 1.54) is 19.2 Å². The SMILES string of the molecule is COC(=O)/C=C/C(=O)OCOCc1ccc(O)cc1. The molecule has 0 bridgehead atoms. The fraction of sp³-hybridized carbons (Fsp3) is 0.231. The van der Waals surface area contributed by atoms with Gasteiger partial charge < -0.3 is 19.3 Å². The van der Waals surface area contributed by atoms with Gasteiger partial charge in [-0.05, 0) is 17.7 Å². The van der Waals surface area contributed by atoms with Gasteiger partial charge in [-0.2, -0.15) is 0 Å². The minimum atomic E-state index is -0.698. The molecule has 1 rings (SSSR count). The van der Waals surface area contributed by atoms with Gasteiger partial charge in [-0.1, -0.05) is 12.1 Å². The summed E-state index contributed by atoms with van der Waals surface area (Å²) in [5.41, 5.74) is 0.832. The van der Waals surface area contributed by atoms with Gasteiger partial charge in [0.25, 0.3) is 0 Å². The number of rotatable bonds is 6. The fourth-order valence-corrected chi connectivity index (χ4v) is 1.10. The van der Waals surface area contributed by atoms with E-state index in [-0.39, 0.29) is 19.1 Å². The summed E-state index contributed by atoms with van der Waals surface area (Å²) < 4.78 is 14.1. The number of esters is 2. The fourth-order valence-electron chi connectivity index (χ4n) is 1.10. The first-order chi connectivity index (χ1) is 9.11. The van der Waals surface area contributed by atoms with Crippen LogP contribution in [0.5, 0.6) is 5.75 Å². The third kappa shape index (κ3) is 6.23. The molecule has 102 valence electrons. The van der Waals surface area contributed by atoms with Crippen LogP contribution < -0.4 is 0 Å². The number of carbonyl (C=O) groups excluding carboxylic acids is 2. The number of carbonyl (C=O) groups is 2. The van der Waals surface area contributed by atoms with Crippen LogP contribution >= 0.6 is 0 Å². The summed E-state index contributed by atoms with van der Waals surface area (Å²) in [6, 6.07) is 6.44. The van der Waals surface area contributed by atoms with E-state index in [4.69, 9.17) is 9.84 Å². The molecule has 1 N–H and O–H groups in total. The van der Waals surface area contributed by atoms with Gasteiger partial charge >= 0.3 is 11.9 Å². The summed E-state index contributed by atoms with van der Waals surface area (Å²) in [6.07, 6.45) is 1.91. The maximum atomic E-state index is 11.1. The molecule has 1 aromatic carbocycles. The van der Waals surface area contributed by atoms with E-state index in [1.54, 1.807) is 12.1 Å². The van der Waals surface area contributed by atoms with Gasteiger partial charge in [0.15, 0.2) is 6.79 Å². The highest BCUT2D eigenvalue weighted by molar-refractivity contribution is 5.91. The number of phenols is 1. The summed E-state index contributed by atoms with van der Waals surface area (Å²) in [5, 5.41) is 9.07. The standard InChI is InChI=1S/C13H14O6/c1-17-12(15)6-7-13(16)19-9-18-8-10-2-4-11(14)5-3-10/h2-7,14H,8-9H2,1H3/b7-6+. The van der Waals surface area contributed by atoms with Crippen molar-refractivity contribution in [1.82, 2.24) is 0 Å². The van der Waals surface area contributed by atoms with Gasteiger partial charge in [0.05, 0.1) is 13.7 Å². The molecular formula is C13H14O6. The zero-order valence-corrected chi connectivity index (χ0v) is 10.4. The topological polar surface area (TPSA) is 82.1 Å². The minimum absolute atomic E-state index is 0.170. The van der Waals surface area contributed by atoms with Crippen molar-refractivity contribution in [3.8, 4) is 5.75 Å². The van der Waals surface area contributed by atoms with Crippen LogP contribution in [0.1, 0.15) is 5.56 Å². The second-order valence-electron chi connectivity index (χ2n) is 3.45. The average molecular weight is 266 g/mol. The molecule has 1 aromatic rings. The van der Waals surface area contributed by atoms with Crippen LogP contribution in [0.3, 0.4) is 0 Å². The maximum Gasteiger partial charge on any atom is 0.333 e. The molecule has 6 heteroatoms. The first kappa shape index (κ1) is 14.7. The lowest BCUT2D eigenvalue weighted by Crippen LogP contribution is -2.06. The Morgan fingerprint density at radius 1 is 1.16 bits per heavy atom. The number of phenolic OH excluding ortho intramolecular Hbond substituents is 1. The molecular weight excluding hydrogens is 252 g/mol. The summed E-state index contributed by atoms with van der Waals surface area (Å²) in [5.74, 6) is -1.17. The Bertz CT molecular complexity index is 449. The Labute approximate surface area is 110 Å². The molecule has 0 aromatic heterocycles. The van der Waals surface area contributed by atoms with Crippen molar-refractivity contribution in [2.75, 3.05) is 13.9 Å². The van der Waals surface area contributed by atoms with Crippen LogP contribution in [0.25, 0.3) is 0 Å². The van der Waals surface area contributed by atoms with Crippen LogP contribution in [-0.2, 0) is 30.4 Å². The zero-order chi connectivity index (χ0) is 14.1. The highest BCUT2D eigenvalue weighted by atomic mass is 16.7. The predicted octanol–water partition coefficient (Wildman–Crippen LogP) is 1.14. The van der Waals surface area contributed by atoms with Gasteiger partial charge in [0.1, 0.15) is 5.75 Å². The molecule has 19 heavy (non-hydrogen) atoms. The smallest absolute Gasteiger partial charge is 0.333 e. The molecule has 0 unspecified atom stereocenters. The van der Waals surface area contributed by atoms with Gasteiger partial charge in [0.2, 0.25) is 0 Å². The molecule has 0 saturated carbocycles. The van der Waals surface area contributed by atoms with Crippen molar-refractivity contribution in [2.45, 2.75) is 6.61 Å². The Morgan fingerprint density at radius 2 is 1.79 bits per heavy atom. The summed E-state index contributed by atoms with van der Waals surface area (Å²) in [4.78, 5) is 21.8. The summed E-state index contributed by atoms with van der Waals surface area (Å²) >= 11 is 0. The first-order valence-electron chi connectivity index (χ1n) is 5.40. The van der Waals surface area contributed by atoms with Gasteiger partial charge in [-0.25, -0.2) is 9.59 Å². The quantitative estimate of drug-likeness (QED) is 0.360. The molecule has 0 heterocycles. The largest absolute Gasteiger partial charge is 0.508 e. The predicted molar refractivity (Wildman–Crippen MR) is 65.0 cm³/mol. The van der Waals surface area contributed by atoms with E-state index in [0.717, 1.165) is 17.7 Å². The van der Waals surface area contributed by atoms with Crippen LogP contribution in [0.15, 0.2) is 36.4 Å². The van der Waals surface area contributed by atoms with E-state index >= 15 is 0 Å². The third-order valence-corrected chi connectivity index (χ3v) is 2.05. The van der Waals surface area contributed by atoms with Crippen LogP contribution in [0, 0.1) is 0 Å². The lowest BCUT2D eigenvalue weighted by molar-refractivity contribution is -0.151. The molecule has 0 spiro atoms. The Morgan fingerprint density at radius 3 is 2.42 bits per heavy atom. The second kappa shape index (κ2) is 7.88. The van der Waals surface area contributed by atoms with Crippen LogP contribution in [0.4, 0.5) is 0 Å². The van der Waals surface area contributed by atoms with Crippen molar-refractivity contribution in [1.29, 1.82) is 0 Å². The molecule has 0 amide bonds. The van der Waals surface area contributed by atoms with Gasteiger partial charge in [-0.15, -0.1) is 0 Å². The van der Waals surface area contributed by atoms with E-state index in [9.17, 15) is 9.59 Å². The number of benzene rings is 1. The molecule has 0 radical (unpaired) electrons. The molecule has 0 saturated heterocycles. The number of hydrogen-bond acceptors (Lipinski definition) is 6. The second-order valence-corrected chi connectivity index (χ2v) is 3.45. The monoisotopic (exact) mass is 266 g/mol. The zero-order valence-electron chi connectivity index (χ0n) is 10.4. The first-order valence-corrected chi connectivity index (χ1v) is 5.40. The van der Waals surface area contributed by atoms with Crippen molar-refractivity contribution in [3.63, 3.8) is 0 Å². The minimum Gasteiger partial charge on any atom is -0.508 e. The van der Waals surface area contributed by atoms with Crippen molar-refractivity contribution in [2.24, 2.45) is 0 Å². The van der Waals surface area contributed by atoms with Crippen molar-refractivity contribution < 1.29 is 28.9 Å². The van der Waals surface area contributed by atoms with E-state index in [0.29, 0.717) is 0 Å². The number of hydrogen-bond donors (Lipinski definition) is 1. The third-order valence-electron chi connectivity index (χ3n) is 2.05. The van der Waals surface area contributed by atoms with Crippen LogP contribution in [0.2, 0.25) is 0 Å². The molecule has 0 aliphatic rings. The summed E-state index contributed by atoms with van der Waals surface area (Å²) in [7, 11) is 1.21. The molecule has 0 atom stereocenters. The lowest BCUT2D eigenvalue weighted by Gasteiger charge is -2.04. The molecule has 0 aliphatic heterocycles. The Kier molecular flexibility index (Phi) is 6.11. The number of ether oxygens (including phenoxy) is 3. The van der Waals surface area contributed by atoms with Crippen LogP contribution in [-0.4, -0.2) is 30.9 Å². The molecule has 6 nitrogen and oxygen atoms in total. The number of methoxy groups -OCH3 is 1. The maximum absolute atomic E-state index is 11.1. The van der Waals surface area contributed by atoms with E-state index < -0.39 is 11.9 Å². The Balaban J connectivity index is 2.20. The molecule has 0 aliphatic carbocycles. The highest BCUT2D eigenvalue weighted by Crippen LogP contribution is 2.10. The van der Waals surface area contributed by atoms with Gasteiger partial charge in [0, 0.05) is 12.2 Å². The number of aromatic hydroxyl groups is 1. The van der Waals surface area contributed by atoms with Crippen molar-refractivity contribution >= 4 is 11.9 Å². The normalized spacial score (nSPS) is 10.4. The van der Waals surface area contributed by atoms with Gasteiger partial charge in [-0.3, -0.25) is 0 Å². The highest BCUT2D eigenvalue weighted by Gasteiger charge is 2.00.